The van der Waals surface area contributed by atoms with E-state index >= 15 is 0 Å². The molecule has 0 spiro atoms. The number of benzene rings is 1. The van der Waals surface area contributed by atoms with E-state index in [0.29, 0.717) is 53.3 Å². The summed E-state index contributed by atoms with van der Waals surface area (Å²) in [5, 5.41) is 0. The molecule has 4 fully saturated rings. The van der Waals surface area contributed by atoms with Gasteiger partial charge in [-0.15, -0.1) is 0 Å². The van der Waals surface area contributed by atoms with Crippen LogP contribution in [0.25, 0.3) is 0 Å². The van der Waals surface area contributed by atoms with E-state index in [2.05, 4.69) is 60.3 Å². The van der Waals surface area contributed by atoms with Gasteiger partial charge in [-0.25, -0.2) is 4.39 Å². The first-order chi connectivity index (χ1) is 22.7. The molecule has 0 saturated heterocycles. The number of allylic oxidation sites excluding steroid dienone is 5. The zero-order valence-electron chi connectivity index (χ0n) is 30.8. The minimum absolute atomic E-state index is 0.00531. The Kier molecular flexibility index (Phi) is 8.33. The summed E-state index contributed by atoms with van der Waals surface area (Å²) in [4.78, 5) is 13.3. The average Bonchev–Trinajstić information content (AvgIpc) is 3.42. The van der Waals surface area contributed by atoms with E-state index in [9.17, 15) is 9.18 Å². The Morgan fingerprint density at radius 3 is 2.31 bits per heavy atom. The molecule has 0 heterocycles. The number of nitrogens with two attached hydrogens (primary N) is 1. The molecule has 6 aliphatic rings. The van der Waals surface area contributed by atoms with Crippen molar-refractivity contribution in [2.45, 2.75) is 131 Å². The summed E-state index contributed by atoms with van der Waals surface area (Å²) in [6.45, 7) is 19.3. The quantitative estimate of drug-likeness (QED) is 0.245. The topological polar surface area (TPSA) is 52.3 Å². The van der Waals surface area contributed by atoms with Gasteiger partial charge in [0, 0.05) is 5.54 Å². The van der Waals surface area contributed by atoms with Gasteiger partial charge in [0.1, 0.15) is 13.3 Å². The number of carbonyl (C=O) groups is 1. The van der Waals surface area contributed by atoms with E-state index in [4.69, 9.17) is 10.5 Å². The smallest absolute Gasteiger partial charge is 0.315 e. The standard InChI is InChI=1S/C44H62FNO2/c1-29(2)32-17-24-44(46)26-25-41(6)34(37(32)44)13-14-36-40(5)20-18-33(39(3,4)35(40)19-21-42(36,41)7)31-15-22-43(28-45,23-16-31)38(47)48-27-30-11-9-8-10-12-30/h8-12,15,18,32,34-37H,1,13-14,16-17,19-28,46H2,2-7H3/t32?,34-,35-,36+,37?,40+,41-,42?,43+,44+/m1/s1. The molecule has 0 radical (unpaired) electrons. The SMILES string of the molecule is C=C(C)C1CC[C@]2(N)CC[C@]3(C)[C@H](CC[C@@H]4C3(C)CC[C@@H]3C(C)(C)C(C5=CC[C@](CF)(C(=O)OCc6ccccc6)CC5)=CC[C@@]34C)C12. The van der Waals surface area contributed by atoms with Crippen molar-refractivity contribution in [2.75, 3.05) is 6.67 Å². The van der Waals surface area contributed by atoms with Crippen LogP contribution in [0.5, 0.6) is 0 Å². The minimum atomic E-state index is -1.07. The molecule has 3 nitrogen and oxygen atoms in total. The summed E-state index contributed by atoms with van der Waals surface area (Å²) in [7, 11) is 0. The van der Waals surface area contributed by atoms with Gasteiger partial charge in [0.15, 0.2) is 0 Å². The van der Waals surface area contributed by atoms with Crippen molar-refractivity contribution in [3.05, 3.63) is 71.3 Å². The van der Waals surface area contributed by atoms with Gasteiger partial charge in [-0.2, -0.15) is 0 Å². The van der Waals surface area contributed by atoms with Crippen molar-refractivity contribution in [3.63, 3.8) is 0 Å². The van der Waals surface area contributed by atoms with Gasteiger partial charge in [-0.05, 0) is 152 Å². The number of hydrogen-bond donors (Lipinski definition) is 1. The highest BCUT2D eigenvalue weighted by atomic mass is 19.1. The highest BCUT2D eigenvalue weighted by Gasteiger charge is 2.70. The van der Waals surface area contributed by atoms with E-state index in [1.807, 2.05) is 30.3 Å². The van der Waals surface area contributed by atoms with E-state index < -0.39 is 18.1 Å². The van der Waals surface area contributed by atoms with Crippen LogP contribution in [0.15, 0.2) is 65.8 Å². The van der Waals surface area contributed by atoms with Crippen molar-refractivity contribution in [2.24, 2.45) is 62.4 Å². The summed E-state index contributed by atoms with van der Waals surface area (Å²) in [6.07, 6.45) is 17.5. The predicted molar refractivity (Wildman–Crippen MR) is 194 cm³/mol. The zero-order chi connectivity index (χ0) is 34.3. The highest BCUT2D eigenvalue weighted by molar-refractivity contribution is 5.78. The van der Waals surface area contributed by atoms with E-state index in [0.717, 1.165) is 18.4 Å². The third-order valence-corrected chi connectivity index (χ3v) is 16.6. The summed E-state index contributed by atoms with van der Waals surface area (Å²) in [5.41, 5.74) is 12.2. The fourth-order valence-corrected chi connectivity index (χ4v) is 13.7. The van der Waals surface area contributed by atoms with Gasteiger partial charge < -0.3 is 10.5 Å². The second-order valence-corrected chi connectivity index (χ2v) is 18.9. The molecule has 48 heavy (non-hydrogen) atoms. The van der Waals surface area contributed by atoms with Crippen LogP contribution in [0.3, 0.4) is 0 Å². The number of carbonyl (C=O) groups excluding carboxylic acids is 1. The lowest BCUT2D eigenvalue weighted by Gasteiger charge is -2.72. The van der Waals surface area contributed by atoms with Crippen molar-refractivity contribution in [1.82, 2.24) is 0 Å². The Morgan fingerprint density at radius 1 is 0.896 bits per heavy atom. The Bertz CT molecular complexity index is 1510. The number of alkyl halides is 1. The molecule has 1 aromatic carbocycles. The van der Waals surface area contributed by atoms with Gasteiger partial charge in [0.2, 0.25) is 0 Å². The first-order valence-electron chi connectivity index (χ1n) is 19.3. The van der Waals surface area contributed by atoms with Crippen LogP contribution >= 0.6 is 0 Å². The first kappa shape index (κ1) is 34.3. The van der Waals surface area contributed by atoms with Crippen molar-refractivity contribution in [1.29, 1.82) is 0 Å². The number of halogens is 1. The number of hydrogen-bond acceptors (Lipinski definition) is 3. The third kappa shape index (κ3) is 4.84. The van der Waals surface area contributed by atoms with Crippen LogP contribution in [0.2, 0.25) is 0 Å². The molecule has 3 unspecified atom stereocenters. The molecule has 1 aromatic rings. The lowest BCUT2D eigenvalue weighted by molar-refractivity contribution is -0.219. The van der Waals surface area contributed by atoms with Crippen LogP contribution in [-0.4, -0.2) is 18.2 Å². The van der Waals surface area contributed by atoms with E-state index in [-0.39, 0.29) is 23.0 Å². The molecule has 0 aromatic heterocycles. The average molecular weight is 656 g/mol. The van der Waals surface area contributed by atoms with E-state index in [1.165, 1.54) is 68.1 Å². The predicted octanol–water partition coefficient (Wildman–Crippen LogP) is 10.7. The molecule has 0 bridgehead atoms. The van der Waals surface area contributed by atoms with Crippen LogP contribution in [-0.2, 0) is 16.1 Å². The van der Waals surface area contributed by atoms with Gasteiger partial charge in [-0.3, -0.25) is 4.79 Å². The third-order valence-electron chi connectivity index (χ3n) is 16.6. The monoisotopic (exact) mass is 655 g/mol. The van der Waals surface area contributed by atoms with Crippen LogP contribution in [0, 0.1) is 56.7 Å². The van der Waals surface area contributed by atoms with Gasteiger partial charge in [-0.1, -0.05) is 89.3 Å². The Balaban J connectivity index is 1.12. The van der Waals surface area contributed by atoms with Crippen molar-refractivity contribution < 1.29 is 13.9 Å². The van der Waals surface area contributed by atoms with E-state index in [1.54, 1.807) is 0 Å². The summed E-state index contributed by atoms with van der Waals surface area (Å²) < 4.78 is 20.3. The van der Waals surface area contributed by atoms with Crippen LogP contribution in [0.4, 0.5) is 4.39 Å². The lowest BCUT2D eigenvalue weighted by atomic mass is 9.33. The molecule has 4 heteroatoms. The number of rotatable bonds is 6. The molecule has 10 atom stereocenters. The fourth-order valence-electron chi connectivity index (χ4n) is 13.7. The zero-order valence-corrected chi connectivity index (χ0v) is 30.8. The summed E-state index contributed by atoms with van der Waals surface area (Å²) in [6, 6.07) is 9.68. The molecule has 6 aliphatic carbocycles. The maximum atomic E-state index is 14.6. The van der Waals surface area contributed by atoms with Crippen LogP contribution < -0.4 is 5.73 Å². The first-order valence-corrected chi connectivity index (χ1v) is 19.3. The Hall–Kier alpha value is -2.20. The van der Waals surface area contributed by atoms with Gasteiger partial charge in [0.25, 0.3) is 0 Å². The van der Waals surface area contributed by atoms with Crippen molar-refractivity contribution >= 4 is 5.97 Å². The number of ether oxygens (including phenoxy) is 1. The minimum Gasteiger partial charge on any atom is -0.460 e. The normalized spacial score (nSPS) is 44.6. The molecule has 7 rings (SSSR count). The Morgan fingerprint density at radius 2 is 1.65 bits per heavy atom. The molecule has 0 amide bonds. The molecule has 2 N–H and O–H groups in total. The maximum absolute atomic E-state index is 14.6. The maximum Gasteiger partial charge on any atom is 0.315 e. The second-order valence-electron chi connectivity index (χ2n) is 18.9. The highest BCUT2D eigenvalue weighted by Crippen LogP contribution is 2.76. The molecule has 262 valence electrons. The molecular weight excluding hydrogens is 593 g/mol. The summed E-state index contributed by atoms with van der Waals surface area (Å²) in [5.74, 6) is 2.74. The number of fused-ring (bicyclic) bond motifs is 7. The van der Waals surface area contributed by atoms with Crippen molar-refractivity contribution in [3.8, 4) is 0 Å². The Labute approximate surface area is 290 Å². The number of esters is 1. The molecule has 4 saturated carbocycles. The second kappa shape index (κ2) is 11.7. The fraction of sp³-hybridized carbons (Fsp3) is 0.705. The van der Waals surface area contributed by atoms with Crippen LogP contribution in [0.1, 0.15) is 124 Å². The molecule has 0 aliphatic heterocycles. The molecular formula is C44H62FNO2. The van der Waals surface area contributed by atoms with Gasteiger partial charge in [0.05, 0.1) is 5.41 Å². The largest absolute Gasteiger partial charge is 0.460 e. The lowest BCUT2D eigenvalue weighted by Crippen LogP contribution is -2.67. The summed E-state index contributed by atoms with van der Waals surface area (Å²) >= 11 is 0. The van der Waals surface area contributed by atoms with Gasteiger partial charge >= 0.3 is 5.97 Å².